The van der Waals surface area contributed by atoms with E-state index in [2.05, 4.69) is 25.6 Å². The molecule has 1 aromatic carbocycles. The molecule has 0 spiro atoms. The lowest BCUT2D eigenvalue weighted by Gasteiger charge is -2.09. The predicted octanol–water partition coefficient (Wildman–Crippen LogP) is 2.26. The topological polar surface area (TPSA) is 106 Å². The highest BCUT2D eigenvalue weighted by Crippen LogP contribution is 2.16. The molecule has 2 rings (SSSR count). The highest BCUT2D eigenvalue weighted by atomic mass is 32.2. The zero-order valence-corrected chi connectivity index (χ0v) is 14.9. The molecule has 4 N–H and O–H groups in total. The highest BCUT2D eigenvalue weighted by Gasteiger charge is 2.08. The molecule has 7 nitrogen and oxygen atoms in total. The lowest BCUT2D eigenvalue weighted by atomic mass is 10.2. The average molecular weight is 346 g/mol. The molecule has 0 bridgehead atoms. The van der Waals surface area contributed by atoms with Crippen molar-refractivity contribution in [3.8, 4) is 0 Å². The molecule has 0 saturated carbocycles. The minimum atomic E-state index is -0.00460. The van der Waals surface area contributed by atoms with Gasteiger partial charge in [-0.3, -0.25) is 4.79 Å². The van der Waals surface area contributed by atoms with Gasteiger partial charge in [-0.1, -0.05) is 17.7 Å². The number of hydrogen-bond acceptors (Lipinski definition) is 7. The molecule has 0 unspecified atom stereocenters. The number of nitrogen functional groups attached to an aromatic ring is 1. The summed E-state index contributed by atoms with van der Waals surface area (Å²) in [4.78, 5) is 24.2. The standard InChI is InChI=1S/C16H22N6OS/c1-10(2)18-14(23)9-24-8-13-20-15(17)22-16(21-13)19-12-6-4-11(3)5-7-12/h4-7,10H,8-9H2,1-3H3,(H,18,23)(H3,17,19,20,21,22). The third-order valence-corrected chi connectivity index (χ3v) is 3.85. The average Bonchev–Trinajstić information content (AvgIpc) is 2.48. The van der Waals surface area contributed by atoms with Gasteiger partial charge < -0.3 is 16.4 Å². The molecule has 0 radical (unpaired) electrons. The molecule has 1 aromatic heterocycles. The maximum atomic E-state index is 11.6. The van der Waals surface area contributed by atoms with E-state index in [1.807, 2.05) is 45.0 Å². The van der Waals surface area contributed by atoms with Crippen LogP contribution in [0.4, 0.5) is 17.6 Å². The maximum Gasteiger partial charge on any atom is 0.232 e. The number of hydrogen-bond donors (Lipinski definition) is 3. The fraction of sp³-hybridized carbons (Fsp3) is 0.375. The second-order valence-corrected chi connectivity index (χ2v) is 6.63. The van der Waals surface area contributed by atoms with Crippen LogP contribution in [0.3, 0.4) is 0 Å². The molecular weight excluding hydrogens is 324 g/mol. The summed E-state index contributed by atoms with van der Waals surface area (Å²) in [5.41, 5.74) is 7.79. The molecule has 0 aliphatic carbocycles. The van der Waals surface area contributed by atoms with Crippen molar-refractivity contribution in [3.05, 3.63) is 35.7 Å². The molecule has 1 heterocycles. The number of anilines is 3. The van der Waals surface area contributed by atoms with Crippen molar-refractivity contribution in [2.45, 2.75) is 32.6 Å². The number of carbonyl (C=O) groups is 1. The van der Waals surface area contributed by atoms with Gasteiger partial charge in [0.15, 0.2) is 0 Å². The van der Waals surface area contributed by atoms with Crippen LogP contribution in [-0.4, -0.2) is 32.7 Å². The molecule has 24 heavy (non-hydrogen) atoms. The van der Waals surface area contributed by atoms with Crippen molar-refractivity contribution in [2.24, 2.45) is 0 Å². The Bertz CT molecular complexity index is 689. The van der Waals surface area contributed by atoms with Crippen LogP contribution >= 0.6 is 11.8 Å². The van der Waals surface area contributed by atoms with Gasteiger partial charge in [-0.15, -0.1) is 11.8 Å². The highest BCUT2D eigenvalue weighted by molar-refractivity contribution is 7.99. The van der Waals surface area contributed by atoms with Crippen LogP contribution < -0.4 is 16.4 Å². The van der Waals surface area contributed by atoms with Gasteiger partial charge >= 0.3 is 0 Å². The molecule has 0 fully saturated rings. The fourth-order valence-corrected chi connectivity index (χ4v) is 2.61. The van der Waals surface area contributed by atoms with Crippen molar-refractivity contribution in [1.29, 1.82) is 0 Å². The zero-order chi connectivity index (χ0) is 17.5. The Hall–Kier alpha value is -2.35. The zero-order valence-electron chi connectivity index (χ0n) is 14.0. The first-order chi connectivity index (χ1) is 11.4. The van der Waals surface area contributed by atoms with Crippen LogP contribution in [0, 0.1) is 6.92 Å². The number of aryl methyl sites for hydroxylation is 1. The van der Waals surface area contributed by atoms with E-state index >= 15 is 0 Å². The summed E-state index contributed by atoms with van der Waals surface area (Å²) in [5, 5.41) is 5.95. The minimum absolute atomic E-state index is 0.00460. The summed E-state index contributed by atoms with van der Waals surface area (Å²) >= 11 is 1.43. The van der Waals surface area contributed by atoms with Crippen LogP contribution in [0.1, 0.15) is 25.2 Å². The van der Waals surface area contributed by atoms with E-state index in [0.29, 0.717) is 23.3 Å². The van der Waals surface area contributed by atoms with Crippen molar-refractivity contribution in [2.75, 3.05) is 16.8 Å². The minimum Gasteiger partial charge on any atom is -0.368 e. The van der Waals surface area contributed by atoms with Crippen molar-refractivity contribution in [3.63, 3.8) is 0 Å². The van der Waals surface area contributed by atoms with E-state index in [-0.39, 0.29) is 17.9 Å². The van der Waals surface area contributed by atoms with E-state index in [9.17, 15) is 4.79 Å². The lowest BCUT2D eigenvalue weighted by molar-refractivity contribution is -0.119. The maximum absolute atomic E-state index is 11.6. The molecule has 1 amide bonds. The summed E-state index contributed by atoms with van der Waals surface area (Å²) in [5.74, 6) is 1.93. The van der Waals surface area contributed by atoms with Crippen LogP contribution in [-0.2, 0) is 10.5 Å². The van der Waals surface area contributed by atoms with E-state index in [1.165, 1.54) is 17.3 Å². The molecular formula is C16H22N6OS. The molecule has 0 aliphatic heterocycles. The van der Waals surface area contributed by atoms with E-state index in [0.717, 1.165) is 5.69 Å². The molecule has 0 saturated heterocycles. The first-order valence-corrected chi connectivity index (χ1v) is 8.79. The number of nitrogens with zero attached hydrogens (tertiary/aromatic N) is 3. The largest absolute Gasteiger partial charge is 0.368 e. The Balaban J connectivity index is 1.95. The number of aromatic nitrogens is 3. The first kappa shape index (κ1) is 18.0. The van der Waals surface area contributed by atoms with E-state index in [4.69, 9.17) is 5.73 Å². The molecule has 2 aromatic rings. The van der Waals surface area contributed by atoms with Gasteiger partial charge in [0.2, 0.25) is 17.8 Å². The monoisotopic (exact) mass is 346 g/mol. The van der Waals surface area contributed by atoms with E-state index < -0.39 is 0 Å². The fourth-order valence-electron chi connectivity index (χ4n) is 1.92. The molecule has 128 valence electrons. The molecule has 0 aliphatic rings. The Labute approximate surface area is 145 Å². The van der Waals surface area contributed by atoms with Crippen LogP contribution in [0.25, 0.3) is 0 Å². The number of benzene rings is 1. The van der Waals surface area contributed by atoms with Gasteiger partial charge in [0.25, 0.3) is 0 Å². The van der Waals surface area contributed by atoms with Crippen molar-refractivity contribution >= 4 is 35.3 Å². The molecule has 8 heteroatoms. The van der Waals surface area contributed by atoms with Crippen molar-refractivity contribution in [1.82, 2.24) is 20.3 Å². The van der Waals surface area contributed by atoms with Gasteiger partial charge in [-0.05, 0) is 32.9 Å². The lowest BCUT2D eigenvalue weighted by Crippen LogP contribution is -2.31. The quantitative estimate of drug-likeness (QED) is 0.706. The number of amides is 1. The summed E-state index contributed by atoms with van der Waals surface area (Å²) < 4.78 is 0. The third-order valence-electron chi connectivity index (χ3n) is 2.92. The SMILES string of the molecule is Cc1ccc(Nc2nc(N)nc(CSCC(=O)NC(C)C)n2)cc1. The number of nitrogens with one attached hydrogen (secondary N) is 2. The Morgan fingerprint density at radius 1 is 1.21 bits per heavy atom. The summed E-state index contributed by atoms with van der Waals surface area (Å²) in [6.07, 6.45) is 0. The first-order valence-electron chi connectivity index (χ1n) is 7.63. The van der Waals surface area contributed by atoms with Gasteiger partial charge in [0, 0.05) is 11.7 Å². The number of nitrogens with two attached hydrogens (primary N) is 1. The normalized spacial score (nSPS) is 10.7. The predicted molar refractivity (Wildman–Crippen MR) is 98.1 cm³/mol. The number of rotatable bonds is 7. The van der Waals surface area contributed by atoms with Gasteiger partial charge in [-0.25, -0.2) is 0 Å². The van der Waals surface area contributed by atoms with Crippen LogP contribution in [0.5, 0.6) is 0 Å². The van der Waals surface area contributed by atoms with Crippen LogP contribution in [0.15, 0.2) is 24.3 Å². The van der Waals surface area contributed by atoms with Gasteiger partial charge in [-0.2, -0.15) is 15.0 Å². The molecule has 0 atom stereocenters. The number of thioether (sulfide) groups is 1. The smallest absolute Gasteiger partial charge is 0.232 e. The Morgan fingerprint density at radius 3 is 2.58 bits per heavy atom. The summed E-state index contributed by atoms with van der Waals surface area (Å²) in [6.45, 7) is 5.88. The second-order valence-electron chi connectivity index (χ2n) is 5.64. The van der Waals surface area contributed by atoms with Gasteiger partial charge in [0.05, 0.1) is 11.5 Å². The van der Waals surface area contributed by atoms with Gasteiger partial charge in [0.1, 0.15) is 5.82 Å². The van der Waals surface area contributed by atoms with Crippen LogP contribution in [0.2, 0.25) is 0 Å². The van der Waals surface area contributed by atoms with E-state index in [1.54, 1.807) is 0 Å². The number of carbonyl (C=O) groups excluding carboxylic acids is 1. The summed E-state index contributed by atoms with van der Waals surface area (Å²) in [6, 6.07) is 8.02. The second kappa shape index (κ2) is 8.49. The third kappa shape index (κ3) is 6.04. The Kier molecular flexibility index (Phi) is 6.36. The van der Waals surface area contributed by atoms with Crippen molar-refractivity contribution < 1.29 is 4.79 Å². The summed E-state index contributed by atoms with van der Waals surface area (Å²) in [7, 11) is 0. The Morgan fingerprint density at radius 2 is 1.92 bits per heavy atom.